The number of nitrogens with zero attached hydrogens (tertiary/aromatic N) is 2. The summed E-state index contributed by atoms with van der Waals surface area (Å²) in [7, 11) is 0. The maximum absolute atomic E-state index is 11.1. The lowest BCUT2D eigenvalue weighted by Crippen LogP contribution is -2.05. The number of rotatable bonds is 5. The van der Waals surface area contributed by atoms with Crippen LogP contribution in [0.15, 0.2) is 59.0 Å². The molecule has 0 saturated heterocycles. The zero-order chi connectivity index (χ0) is 19.5. The van der Waals surface area contributed by atoms with Gasteiger partial charge in [-0.25, -0.2) is 4.98 Å². The second-order valence-electron chi connectivity index (χ2n) is 6.38. The number of carbonyl (C=O) groups excluding carboxylic acids is 1. The van der Waals surface area contributed by atoms with Crippen LogP contribution in [0.4, 0.5) is 10.8 Å². The van der Waals surface area contributed by atoms with E-state index in [1.807, 2.05) is 54.9 Å². The van der Waals surface area contributed by atoms with Crippen LogP contribution in [0.2, 0.25) is 0 Å². The number of fused-ring (bicyclic) bond motifs is 1. The lowest BCUT2D eigenvalue weighted by atomic mass is 10.1. The summed E-state index contributed by atoms with van der Waals surface area (Å²) in [5, 5.41) is 10.9. The zero-order valence-corrected chi connectivity index (χ0v) is 16.3. The molecular weight excluding hydrogens is 370 g/mol. The van der Waals surface area contributed by atoms with E-state index in [1.54, 1.807) is 0 Å². The fourth-order valence-corrected chi connectivity index (χ4v) is 3.67. The zero-order valence-electron chi connectivity index (χ0n) is 15.5. The molecule has 0 aliphatic carbocycles. The van der Waals surface area contributed by atoms with Crippen LogP contribution in [0.1, 0.15) is 18.2 Å². The minimum absolute atomic E-state index is 0.0869. The topological polar surface area (TPSA) is 82.2 Å². The van der Waals surface area contributed by atoms with E-state index in [0.717, 1.165) is 44.2 Å². The van der Waals surface area contributed by atoms with E-state index >= 15 is 0 Å². The third-order valence-corrected chi connectivity index (χ3v) is 5.05. The maximum atomic E-state index is 11.1. The Morgan fingerprint density at radius 1 is 1.18 bits per heavy atom. The molecule has 7 heteroatoms. The number of anilines is 2. The number of nitrogens with one attached hydrogen (secondary N) is 3. The highest BCUT2D eigenvalue weighted by Gasteiger charge is 2.07. The molecule has 0 aliphatic rings. The molecule has 0 fully saturated rings. The van der Waals surface area contributed by atoms with E-state index in [1.165, 1.54) is 18.3 Å². The van der Waals surface area contributed by atoms with Crippen molar-refractivity contribution in [2.45, 2.75) is 13.8 Å². The van der Waals surface area contributed by atoms with Gasteiger partial charge in [-0.1, -0.05) is 30.3 Å². The van der Waals surface area contributed by atoms with Gasteiger partial charge in [0.1, 0.15) is 0 Å². The van der Waals surface area contributed by atoms with E-state index in [2.05, 4.69) is 37.9 Å². The van der Waals surface area contributed by atoms with Crippen LogP contribution in [0.25, 0.3) is 22.2 Å². The summed E-state index contributed by atoms with van der Waals surface area (Å²) in [5.74, 6) is -0.0869. The molecule has 0 radical (unpaired) electrons. The molecule has 140 valence electrons. The molecule has 28 heavy (non-hydrogen) atoms. The van der Waals surface area contributed by atoms with Gasteiger partial charge < -0.3 is 10.3 Å². The summed E-state index contributed by atoms with van der Waals surface area (Å²) in [6.45, 7) is 3.53. The monoisotopic (exact) mass is 389 g/mol. The molecule has 1 amide bonds. The highest BCUT2D eigenvalue weighted by Crippen LogP contribution is 2.26. The minimum atomic E-state index is -0.0869. The van der Waals surface area contributed by atoms with Crippen molar-refractivity contribution in [1.82, 2.24) is 9.97 Å². The van der Waals surface area contributed by atoms with Crippen molar-refractivity contribution < 1.29 is 4.79 Å². The highest BCUT2D eigenvalue weighted by molar-refractivity contribution is 7.14. The second-order valence-corrected chi connectivity index (χ2v) is 7.23. The van der Waals surface area contributed by atoms with Crippen molar-refractivity contribution in [1.29, 1.82) is 0 Å². The van der Waals surface area contributed by atoms with Crippen LogP contribution in [0.5, 0.6) is 0 Å². The molecule has 0 aliphatic heterocycles. The van der Waals surface area contributed by atoms with E-state index in [0.29, 0.717) is 0 Å². The van der Waals surface area contributed by atoms with Crippen molar-refractivity contribution in [2.24, 2.45) is 5.10 Å². The van der Waals surface area contributed by atoms with E-state index in [-0.39, 0.29) is 5.91 Å². The highest BCUT2D eigenvalue weighted by atomic mass is 32.1. The fraction of sp³-hybridized carbons (Fsp3) is 0.0952. The molecule has 3 N–H and O–H groups in total. The van der Waals surface area contributed by atoms with Gasteiger partial charge in [-0.15, -0.1) is 11.3 Å². The number of H-pyrrole nitrogens is 1. The van der Waals surface area contributed by atoms with Crippen LogP contribution in [-0.4, -0.2) is 22.1 Å². The smallest absolute Gasteiger partial charge is 0.221 e. The Morgan fingerprint density at radius 3 is 2.75 bits per heavy atom. The first-order valence-corrected chi connectivity index (χ1v) is 9.68. The Morgan fingerprint density at radius 2 is 1.96 bits per heavy atom. The molecule has 0 unspecified atom stereocenters. The summed E-state index contributed by atoms with van der Waals surface area (Å²) in [5.41, 5.74) is 8.85. The Balaban J connectivity index is 1.47. The van der Waals surface area contributed by atoms with E-state index < -0.39 is 0 Å². The Labute approximate surface area is 166 Å². The molecule has 4 rings (SSSR count). The first-order chi connectivity index (χ1) is 13.6. The number of thiazole rings is 1. The average molecular weight is 389 g/mol. The predicted molar refractivity (Wildman–Crippen MR) is 116 cm³/mol. The molecule has 0 bridgehead atoms. The molecule has 2 aromatic carbocycles. The van der Waals surface area contributed by atoms with Gasteiger partial charge in [-0.3, -0.25) is 10.2 Å². The number of aromatic amines is 1. The summed E-state index contributed by atoms with van der Waals surface area (Å²) < 4.78 is 0. The van der Waals surface area contributed by atoms with Crippen LogP contribution in [-0.2, 0) is 4.79 Å². The van der Waals surface area contributed by atoms with Crippen molar-refractivity contribution in [3.63, 3.8) is 0 Å². The second kappa shape index (κ2) is 7.66. The molecular formula is C21H19N5OS. The molecule has 0 atom stereocenters. The Kier molecular flexibility index (Phi) is 4.90. The van der Waals surface area contributed by atoms with Gasteiger partial charge in [-0.05, 0) is 25.1 Å². The number of carbonyl (C=O) groups is 1. The van der Waals surface area contributed by atoms with Gasteiger partial charge in [0.25, 0.3) is 0 Å². The van der Waals surface area contributed by atoms with Crippen molar-refractivity contribution in [3.05, 3.63) is 65.2 Å². The normalized spacial score (nSPS) is 11.2. The summed E-state index contributed by atoms with van der Waals surface area (Å²) >= 11 is 1.49. The lowest BCUT2D eigenvalue weighted by molar-refractivity contribution is -0.114. The third kappa shape index (κ3) is 3.79. The van der Waals surface area contributed by atoms with Crippen molar-refractivity contribution >= 4 is 45.2 Å². The van der Waals surface area contributed by atoms with Gasteiger partial charge in [0.05, 0.1) is 11.9 Å². The third-order valence-electron chi connectivity index (χ3n) is 4.30. The number of aromatic nitrogens is 2. The molecule has 0 saturated carbocycles. The number of hydrazone groups is 1. The number of hydrogen-bond donors (Lipinski definition) is 3. The van der Waals surface area contributed by atoms with E-state index in [9.17, 15) is 4.79 Å². The standard InChI is InChI=1S/C21H19N5OS/c1-13-18(17-5-3-4-6-19(17)23-13)11-22-26-21-25-20(12-28-21)15-7-9-16(10-8-15)24-14(2)27/h3-12,23H,1-2H3,(H,24,27)(H,25,26)/b22-11-. The summed E-state index contributed by atoms with van der Waals surface area (Å²) in [6, 6.07) is 15.7. The largest absolute Gasteiger partial charge is 0.358 e. The minimum Gasteiger partial charge on any atom is -0.358 e. The van der Waals surface area contributed by atoms with Crippen LogP contribution < -0.4 is 10.7 Å². The molecule has 4 aromatic rings. The van der Waals surface area contributed by atoms with Gasteiger partial charge in [0, 0.05) is 45.7 Å². The maximum Gasteiger partial charge on any atom is 0.221 e. The first kappa shape index (κ1) is 17.9. The first-order valence-electron chi connectivity index (χ1n) is 8.80. The molecule has 2 aromatic heterocycles. The Bertz CT molecular complexity index is 1160. The van der Waals surface area contributed by atoms with Crippen molar-refractivity contribution in [3.8, 4) is 11.3 Å². The van der Waals surface area contributed by atoms with Crippen LogP contribution in [0.3, 0.4) is 0 Å². The number of benzene rings is 2. The molecule has 6 nitrogen and oxygen atoms in total. The van der Waals surface area contributed by atoms with Gasteiger partial charge in [0.15, 0.2) is 0 Å². The van der Waals surface area contributed by atoms with Crippen LogP contribution >= 0.6 is 11.3 Å². The number of hydrogen-bond acceptors (Lipinski definition) is 5. The number of aryl methyl sites for hydroxylation is 1. The summed E-state index contributed by atoms with van der Waals surface area (Å²) in [4.78, 5) is 19.0. The lowest BCUT2D eigenvalue weighted by Gasteiger charge is -2.02. The van der Waals surface area contributed by atoms with Gasteiger partial charge >= 0.3 is 0 Å². The summed E-state index contributed by atoms with van der Waals surface area (Å²) in [6.07, 6.45) is 1.82. The van der Waals surface area contributed by atoms with E-state index in [4.69, 9.17) is 0 Å². The van der Waals surface area contributed by atoms with Gasteiger partial charge in [-0.2, -0.15) is 5.10 Å². The SMILES string of the molecule is CC(=O)Nc1ccc(-c2csc(N/N=C\c3c(C)[nH]c4ccccc34)n2)cc1. The quantitative estimate of drug-likeness (QED) is 0.332. The Hall–Kier alpha value is -3.45. The fourth-order valence-electron chi connectivity index (χ4n) is 3.00. The number of amides is 1. The molecule has 2 heterocycles. The van der Waals surface area contributed by atoms with Crippen molar-refractivity contribution in [2.75, 3.05) is 10.7 Å². The average Bonchev–Trinajstić information content (AvgIpc) is 3.27. The van der Waals surface area contributed by atoms with Crippen LogP contribution in [0, 0.1) is 6.92 Å². The molecule has 0 spiro atoms. The van der Waals surface area contributed by atoms with Gasteiger partial charge in [0.2, 0.25) is 11.0 Å². The predicted octanol–water partition coefficient (Wildman–Crippen LogP) is 5.00. The number of para-hydroxylation sites is 1.